The average Bonchev–Trinajstić information content (AvgIpc) is 3.26. The highest BCUT2D eigenvalue weighted by molar-refractivity contribution is 5.85. The van der Waals surface area contributed by atoms with Gasteiger partial charge in [0.15, 0.2) is 0 Å². The topological polar surface area (TPSA) is 110 Å². The number of tetrazole rings is 1. The zero-order valence-electron chi connectivity index (χ0n) is 13.3. The van der Waals surface area contributed by atoms with Gasteiger partial charge in [-0.3, -0.25) is 4.79 Å². The second-order valence-electron chi connectivity index (χ2n) is 6.05. The molecule has 2 atom stereocenters. The number of carboxylic acids is 1. The summed E-state index contributed by atoms with van der Waals surface area (Å²) < 4.78 is 0. The lowest BCUT2D eigenvalue weighted by molar-refractivity contribution is -0.142. The van der Waals surface area contributed by atoms with E-state index in [-0.39, 0.29) is 0 Å². The first-order valence-corrected chi connectivity index (χ1v) is 7.92. The van der Waals surface area contributed by atoms with Gasteiger partial charge < -0.3 is 10.4 Å². The average molecular weight is 329 g/mol. The molecule has 2 N–H and O–H groups in total. The minimum absolute atomic E-state index is 0.399. The van der Waals surface area contributed by atoms with E-state index in [1.54, 1.807) is 6.92 Å². The van der Waals surface area contributed by atoms with Gasteiger partial charge in [0.2, 0.25) is 11.7 Å². The van der Waals surface area contributed by atoms with E-state index in [1.807, 2.05) is 30.3 Å². The van der Waals surface area contributed by atoms with Crippen LogP contribution in [0.15, 0.2) is 30.3 Å². The predicted octanol–water partition coefficient (Wildman–Crippen LogP) is 1.27. The first kappa shape index (κ1) is 16.1. The molecule has 1 saturated carbocycles. The number of hydrogen-bond acceptors (Lipinski definition) is 5. The van der Waals surface area contributed by atoms with Crippen LogP contribution in [0.25, 0.3) is 11.4 Å². The first-order chi connectivity index (χ1) is 11.5. The van der Waals surface area contributed by atoms with Gasteiger partial charge in [0.1, 0.15) is 12.1 Å². The number of aromatic nitrogens is 4. The van der Waals surface area contributed by atoms with Crippen molar-refractivity contribution in [1.29, 1.82) is 0 Å². The van der Waals surface area contributed by atoms with Crippen LogP contribution in [0.5, 0.6) is 0 Å². The van der Waals surface area contributed by atoms with Crippen LogP contribution < -0.4 is 5.32 Å². The zero-order valence-corrected chi connectivity index (χ0v) is 13.3. The minimum atomic E-state index is -1.01. The van der Waals surface area contributed by atoms with E-state index in [4.69, 9.17) is 0 Å². The van der Waals surface area contributed by atoms with Gasteiger partial charge in [-0.1, -0.05) is 43.2 Å². The van der Waals surface area contributed by atoms with E-state index in [0.717, 1.165) is 18.4 Å². The van der Waals surface area contributed by atoms with Crippen molar-refractivity contribution in [1.82, 2.24) is 25.5 Å². The van der Waals surface area contributed by atoms with Crippen molar-refractivity contribution in [2.24, 2.45) is 5.92 Å². The summed E-state index contributed by atoms with van der Waals surface area (Å²) in [6, 6.07) is 7.70. The van der Waals surface area contributed by atoms with Gasteiger partial charge in [-0.2, -0.15) is 4.80 Å². The summed E-state index contributed by atoms with van der Waals surface area (Å²) in [4.78, 5) is 24.8. The highest BCUT2D eigenvalue weighted by Gasteiger charge is 2.31. The molecule has 8 nitrogen and oxygen atoms in total. The lowest BCUT2D eigenvalue weighted by Crippen LogP contribution is -2.44. The zero-order chi connectivity index (χ0) is 17.1. The van der Waals surface area contributed by atoms with E-state index >= 15 is 0 Å². The maximum atomic E-state index is 12.3. The lowest BCUT2D eigenvalue weighted by atomic mass is 10.1. The number of carbonyl (C=O) groups is 2. The lowest BCUT2D eigenvalue weighted by Gasteiger charge is -2.16. The molecule has 1 amide bonds. The highest BCUT2D eigenvalue weighted by atomic mass is 16.4. The fraction of sp³-hybridized carbons (Fsp3) is 0.438. The molecule has 1 aromatic carbocycles. The number of nitrogens with one attached hydrogen (secondary N) is 1. The Kier molecular flexibility index (Phi) is 4.54. The third kappa shape index (κ3) is 3.76. The summed E-state index contributed by atoms with van der Waals surface area (Å²) >= 11 is 0. The van der Waals surface area contributed by atoms with Crippen LogP contribution in [0.2, 0.25) is 0 Å². The van der Waals surface area contributed by atoms with Crippen molar-refractivity contribution in [3.63, 3.8) is 0 Å². The second kappa shape index (κ2) is 6.77. The summed E-state index contributed by atoms with van der Waals surface area (Å²) in [7, 11) is 0. The molecule has 0 spiro atoms. The van der Waals surface area contributed by atoms with Gasteiger partial charge >= 0.3 is 5.97 Å². The SMILES string of the molecule is CC(C(=O)NC(CC1CC1)C(=O)O)n1nnc(-c2ccccc2)n1. The minimum Gasteiger partial charge on any atom is -0.480 e. The number of carbonyl (C=O) groups excluding carboxylic acids is 1. The Bertz CT molecular complexity index is 726. The van der Waals surface area contributed by atoms with E-state index in [1.165, 1.54) is 4.80 Å². The van der Waals surface area contributed by atoms with Crippen LogP contribution in [0.3, 0.4) is 0 Å². The second-order valence-corrected chi connectivity index (χ2v) is 6.05. The van der Waals surface area contributed by atoms with E-state index in [0.29, 0.717) is 18.2 Å². The molecular weight excluding hydrogens is 310 g/mol. The van der Waals surface area contributed by atoms with Crippen molar-refractivity contribution in [3.8, 4) is 11.4 Å². The molecule has 1 aliphatic carbocycles. The van der Waals surface area contributed by atoms with Crippen LogP contribution in [-0.2, 0) is 9.59 Å². The Morgan fingerprint density at radius 2 is 2.04 bits per heavy atom. The highest BCUT2D eigenvalue weighted by Crippen LogP contribution is 2.33. The fourth-order valence-corrected chi connectivity index (χ4v) is 2.40. The number of rotatable bonds is 7. The van der Waals surface area contributed by atoms with Gasteiger partial charge in [0.05, 0.1) is 0 Å². The summed E-state index contributed by atoms with van der Waals surface area (Å²) in [6.45, 7) is 1.61. The Labute approximate surface area is 138 Å². The monoisotopic (exact) mass is 329 g/mol. The van der Waals surface area contributed by atoms with Crippen molar-refractivity contribution < 1.29 is 14.7 Å². The number of hydrogen-bond donors (Lipinski definition) is 2. The smallest absolute Gasteiger partial charge is 0.326 e. The Balaban J connectivity index is 1.66. The Hall–Kier alpha value is -2.77. The van der Waals surface area contributed by atoms with E-state index in [9.17, 15) is 14.7 Å². The molecule has 0 radical (unpaired) electrons. The molecule has 8 heteroatoms. The maximum Gasteiger partial charge on any atom is 0.326 e. The number of benzene rings is 1. The molecule has 3 rings (SSSR count). The molecule has 0 aliphatic heterocycles. The van der Waals surface area contributed by atoms with Crippen LogP contribution in [-0.4, -0.2) is 43.2 Å². The summed E-state index contributed by atoms with van der Waals surface area (Å²) in [6.07, 6.45) is 2.52. The summed E-state index contributed by atoms with van der Waals surface area (Å²) in [5.74, 6) is -0.627. The van der Waals surface area contributed by atoms with Crippen LogP contribution >= 0.6 is 0 Å². The molecule has 1 aromatic heterocycles. The Morgan fingerprint density at radius 3 is 2.67 bits per heavy atom. The number of nitrogens with zero attached hydrogens (tertiary/aromatic N) is 4. The number of carboxylic acid groups (broad SMARTS) is 1. The standard InChI is InChI=1S/C16H19N5O3/c1-10(15(22)17-13(16(23)24)9-11-7-8-11)21-19-14(18-20-21)12-5-3-2-4-6-12/h2-6,10-11,13H,7-9H2,1H3,(H,17,22)(H,23,24). The van der Waals surface area contributed by atoms with E-state index in [2.05, 4.69) is 20.7 Å². The van der Waals surface area contributed by atoms with Crippen molar-refractivity contribution >= 4 is 11.9 Å². The van der Waals surface area contributed by atoms with Crippen molar-refractivity contribution in [3.05, 3.63) is 30.3 Å². The van der Waals surface area contributed by atoms with Gasteiger partial charge in [-0.15, -0.1) is 10.2 Å². The largest absolute Gasteiger partial charge is 0.480 e. The first-order valence-electron chi connectivity index (χ1n) is 7.92. The quantitative estimate of drug-likeness (QED) is 0.791. The van der Waals surface area contributed by atoms with Gasteiger partial charge in [-0.25, -0.2) is 4.79 Å². The third-order valence-corrected chi connectivity index (χ3v) is 4.07. The molecule has 1 fully saturated rings. The normalized spacial score (nSPS) is 16.4. The number of amides is 1. The molecule has 2 aromatic rings. The van der Waals surface area contributed by atoms with Gasteiger partial charge in [-0.05, 0) is 24.5 Å². The molecule has 0 bridgehead atoms. The van der Waals surface area contributed by atoms with Crippen LogP contribution in [0.1, 0.15) is 32.2 Å². The summed E-state index contributed by atoms with van der Waals surface area (Å²) in [5.41, 5.74) is 0.800. The third-order valence-electron chi connectivity index (χ3n) is 4.07. The molecule has 1 aliphatic rings. The summed E-state index contributed by atoms with van der Waals surface area (Å²) in [5, 5.41) is 23.9. The molecule has 1 heterocycles. The molecule has 24 heavy (non-hydrogen) atoms. The Morgan fingerprint density at radius 1 is 1.33 bits per heavy atom. The van der Waals surface area contributed by atoms with E-state index < -0.39 is 24.0 Å². The fourth-order valence-electron chi connectivity index (χ4n) is 2.40. The van der Waals surface area contributed by atoms with Gasteiger partial charge in [0.25, 0.3) is 0 Å². The van der Waals surface area contributed by atoms with Gasteiger partial charge in [0, 0.05) is 5.56 Å². The van der Waals surface area contributed by atoms with Crippen LogP contribution in [0, 0.1) is 5.92 Å². The molecule has 2 unspecified atom stereocenters. The molecule has 0 saturated heterocycles. The van der Waals surface area contributed by atoms with Crippen molar-refractivity contribution in [2.45, 2.75) is 38.3 Å². The van der Waals surface area contributed by atoms with Crippen LogP contribution in [0.4, 0.5) is 0 Å². The maximum absolute atomic E-state index is 12.3. The molecule has 126 valence electrons. The van der Waals surface area contributed by atoms with Crippen molar-refractivity contribution in [2.75, 3.05) is 0 Å². The molecular formula is C16H19N5O3. The number of aliphatic carboxylic acids is 1. The predicted molar refractivity (Wildman–Crippen MR) is 84.9 cm³/mol.